The van der Waals surface area contributed by atoms with Crippen LogP contribution in [0.1, 0.15) is 38.8 Å². The molecular formula is C12H17NO3S. The molecule has 0 radical (unpaired) electrons. The molecule has 0 aliphatic carbocycles. The monoisotopic (exact) mass is 255 g/mol. The van der Waals surface area contributed by atoms with Crippen molar-refractivity contribution in [3.8, 4) is 0 Å². The van der Waals surface area contributed by atoms with Crippen LogP contribution in [0.3, 0.4) is 0 Å². The van der Waals surface area contributed by atoms with Gasteiger partial charge >= 0.3 is 6.09 Å². The van der Waals surface area contributed by atoms with Crippen LogP contribution in [-0.4, -0.2) is 18.0 Å². The molecule has 1 heterocycles. The van der Waals surface area contributed by atoms with E-state index in [1.807, 2.05) is 16.8 Å². The Labute approximate surface area is 105 Å². The number of rotatable bonds is 4. The van der Waals surface area contributed by atoms with Crippen molar-refractivity contribution in [3.05, 3.63) is 22.4 Å². The van der Waals surface area contributed by atoms with Gasteiger partial charge in [0, 0.05) is 6.42 Å². The van der Waals surface area contributed by atoms with Crippen LogP contribution >= 0.6 is 11.3 Å². The van der Waals surface area contributed by atoms with Gasteiger partial charge in [-0.15, -0.1) is 0 Å². The molecule has 5 heteroatoms. The van der Waals surface area contributed by atoms with E-state index in [0.717, 1.165) is 11.8 Å². The number of ether oxygens (including phenoxy) is 1. The molecule has 1 N–H and O–H groups in total. The first-order chi connectivity index (χ1) is 7.92. The Bertz CT molecular complexity index is 368. The van der Waals surface area contributed by atoms with Gasteiger partial charge in [-0.3, -0.25) is 0 Å². The third kappa shape index (κ3) is 4.99. The minimum absolute atomic E-state index is 0.246. The van der Waals surface area contributed by atoms with E-state index in [-0.39, 0.29) is 12.5 Å². The predicted octanol–water partition coefficient (Wildman–Crippen LogP) is 2.90. The van der Waals surface area contributed by atoms with Gasteiger partial charge in [-0.2, -0.15) is 11.3 Å². The number of carbonyl (C=O) groups is 2. The zero-order valence-electron chi connectivity index (χ0n) is 10.2. The van der Waals surface area contributed by atoms with Gasteiger partial charge in [-0.05, 0) is 43.2 Å². The van der Waals surface area contributed by atoms with Crippen LogP contribution in [0.2, 0.25) is 0 Å². The van der Waals surface area contributed by atoms with Crippen molar-refractivity contribution in [3.63, 3.8) is 0 Å². The second-order valence-corrected chi connectivity index (χ2v) is 5.44. The summed E-state index contributed by atoms with van der Waals surface area (Å²) in [7, 11) is 0. The smallest absolute Gasteiger partial charge is 0.408 e. The SMILES string of the molecule is CC(C)(C)OC(=O)NC(CC=O)c1ccsc1. The Balaban J connectivity index is 2.62. The van der Waals surface area contributed by atoms with Gasteiger partial charge in [-0.1, -0.05) is 0 Å². The second-order valence-electron chi connectivity index (χ2n) is 4.66. The molecule has 1 atom stereocenters. The summed E-state index contributed by atoms with van der Waals surface area (Å²) >= 11 is 1.53. The van der Waals surface area contributed by atoms with E-state index >= 15 is 0 Å². The van der Waals surface area contributed by atoms with E-state index in [9.17, 15) is 9.59 Å². The molecule has 0 saturated heterocycles. The number of nitrogens with one attached hydrogen (secondary N) is 1. The van der Waals surface area contributed by atoms with Gasteiger partial charge in [0.15, 0.2) is 0 Å². The summed E-state index contributed by atoms with van der Waals surface area (Å²) < 4.78 is 5.15. The summed E-state index contributed by atoms with van der Waals surface area (Å²) in [4.78, 5) is 22.2. The quantitative estimate of drug-likeness (QED) is 0.842. The lowest BCUT2D eigenvalue weighted by Crippen LogP contribution is -2.35. The normalized spacial score (nSPS) is 12.9. The van der Waals surface area contributed by atoms with E-state index in [2.05, 4.69) is 5.32 Å². The minimum Gasteiger partial charge on any atom is -0.444 e. The van der Waals surface area contributed by atoms with Gasteiger partial charge in [0.1, 0.15) is 11.9 Å². The highest BCUT2D eigenvalue weighted by Crippen LogP contribution is 2.19. The lowest BCUT2D eigenvalue weighted by Gasteiger charge is -2.22. The van der Waals surface area contributed by atoms with E-state index in [1.165, 1.54) is 11.3 Å². The van der Waals surface area contributed by atoms with Crippen LogP contribution < -0.4 is 5.32 Å². The molecule has 1 aromatic heterocycles. The van der Waals surface area contributed by atoms with Crippen molar-refractivity contribution in [1.29, 1.82) is 0 Å². The Kier molecular flexibility index (Phi) is 4.69. The summed E-state index contributed by atoms with van der Waals surface area (Å²) in [5.41, 5.74) is 0.387. The lowest BCUT2D eigenvalue weighted by molar-refractivity contribution is -0.108. The van der Waals surface area contributed by atoms with Gasteiger partial charge in [0.2, 0.25) is 0 Å². The number of carbonyl (C=O) groups excluding carboxylic acids is 2. The first-order valence-electron chi connectivity index (χ1n) is 5.37. The van der Waals surface area contributed by atoms with Crippen molar-refractivity contribution in [1.82, 2.24) is 5.32 Å². The molecule has 1 aromatic rings. The molecule has 94 valence electrons. The molecule has 1 unspecified atom stereocenters. The lowest BCUT2D eigenvalue weighted by atomic mass is 10.1. The van der Waals surface area contributed by atoms with Crippen LogP contribution in [-0.2, 0) is 9.53 Å². The number of alkyl carbamates (subject to hydrolysis) is 1. The number of hydrogen-bond acceptors (Lipinski definition) is 4. The highest BCUT2D eigenvalue weighted by molar-refractivity contribution is 7.07. The van der Waals surface area contributed by atoms with Crippen LogP contribution in [0.15, 0.2) is 16.8 Å². The zero-order valence-corrected chi connectivity index (χ0v) is 11.0. The van der Waals surface area contributed by atoms with Crippen molar-refractivity contribution >= 4 is 23.7 Å². The summed E-state index contributed by atoms with van der Waals surface area (Å²) in [5.74, 6) is 0. The van der Waals surface area contributed by atoms with Gasteiger partial charge < -0.3 is 14.8 Å². The van der Waals surface area contributed by atoms with E-state index in [4.69, 9.17) is 4.74 Å². The molecular weight excluding hydrogens is 238 g/mol. The predicted molar refractivity (Wildman–Crippen MR) is 67.1 cm³/mol. The fourth-order valence-corrected chi connectivity index (χ4v) is 2.01. The topological polar surface area (TPSA) is 55.4 Å². The summed E-state index contributed by atoms with van der Waals surface area (Å²) in [5, 5.41) is 6.51. The molecule has 0 aliphatic heterocycles. The van der Waals surface area contributed by atoms with Crippen molar-refractivity contribution in [2.45, 2.75) is 38.8 Å². The first kappa shape index (κ1) is 13.7. The number of thiophene rings is 1. The Morgan fingerprint density at radius 1 is 1.59 bits per heavy atom. The molecule has 0 aromatic carbocycles. The maximum atomic E-state index is 11.6. The van der Waals surface area contributed by atoms with Gasteiger partial charge in [0.05, 0.1) is 6.04 Å². The highest BCUT2D eigenvalue weighted by atomic mass is 32.1. The average molecular weight is 255 g/mol. The van der Waals surface area contributed by atoms with Crippen LogP contribution in [0.25, 0.3) is 0 Å². The Morgan fingerprint density at radius 2 is 2.29 bits per heavy atom. The Morgan fingerprint density at radius 3 is 2.76 bits per heavy atom. The third-order valence-corrected chi connectivity index (χ3v) is 2.67. The fourth-order valence-electron chi connectivity index (χ4n) is 1.30. The summed E-state index contributed by atoms with van der Waals surface area (Å²) in [6.45, 7) is 5.39. The van der Waals surface area contributed by atoms with Gasteiger partial charge in [0.25, 0.3) is 0 Å². The maximum absolute atomic E-state index is 11.6. The minimum atomic E-state index is -0.537. The zero-order chi connectivity index (χ0) is 12.9. The van der Waals surface area contributed by atoms with Crippen molar-refractivity contribution in [2.24, 2.45) is 0 Å². The third-order valence-electron chi connectivity index (χ3n) is 1.97. The Hall–Kier alpha value is -1.36. The molecule has 0 spiro atoms. The molecule has 0 aliphatic rings. The largest absolute Gasteiger partial charge is 0.444 e. The fraction of sp³-hybridized carbons (Fsp3) is 0.500. The number of hydrogen-bond donors (Lipinski definition) is 1. The average Bonchev–Trinajstić information content (AvgIpc) is 2.66. The maximum Gasteiger partial charge on any atom is 0.408 e. The van der Waals surface area contributed by atoms with Crippen LogP contribution in [0.4, 0.5) is 4.79 Å². The first-order valence-corrected chi connectivity index (χ1v) is 6.32. The van der Waals surface area contributed by atoms with E-state index in [1.54, 1.807) is 20.8 Å². The number of amides is 1. The molecule has 1 amide bonds. The number of aldehydes is 1. The molecule has 17 heavy (non-hydrogen) atoms. The summed E-state index contributed by atoms with van der Waals surface area (Å²) in [6, 6.07) is 1.57. The second kappa shape index (κ2) is 5.82. The van der Waals surface area contributed by atoms with Crippen LogP contribution in [0.5, 0.6) is 0 Å². The van der Waals surface area contributed by atoms with Crippen molar-refractivity contribution in [2.75, 3.05) is 0 Å². The van der Waals surface area contributed by atoms with Crippen LogP contribution in [0, 0.1) is 0 Å². The van der Waals surface area contributed by atoms with E-state index in [0.29, 0.717) is 0 Å². The highest BCUT2D eigenvalue weighted by Gasteiger charge is 2.20. The standard InChI is InChI=1S/C12H17NO3S/c1-12(2,3)16-11(15)13-10(4-6-14)9-5-7-17-8-9/h5-8,10H,4H2,1-3H3,(H,13,15). The molecule has 0 saturated carbocycles. The van der Waals surface area contributed by atoms with Crippen molar-refractivity contribution < 1.29 is 14.3 Å². The summed E-state index contributed by atoms with van der Waals surface area (Å²) in [6.07, 6.45) is 0.533. The van der Waals surface area contributed by atoms with Gasteiger partial charge in [-0.25, -0.2) is 4.79 Å². The molecule has 1 rings (SSSR count). The molecule has 0 fully saturated rings. The van der Waals surface area contributed by atoms with E-state index < -0.39 is 11.7 Å². The molecule has 0 bridgehead atoms. The molecule has 4 nitrogen and oxygen atoms in total.